The van der Waals surface area contributed by atoms with Crippen LogP contribution in [0.5, 0.6) is 0 Å². The second kappa shape index (κ2) is 8.12. The molecule has 2 atom stereocenters. The molecule has 0 aromatic heterocycles. The van der Waals surface area contributed by atoms with E-state index in [2.05, 4.69) is 51.9 Å². The summed E-state index contributed by atoms with van der Waals surface area (Å²) < 4.78 is 0. The molecule has 0 aliphatic rings. The molecule has 0 saturated carbocycles. The zero-order valence-corrected chi connectivity index (χ0v) is 11.5. The van der Waals surface area contributed by atoms with E-state index in [0.29, 0.717) is 12.1 Å². The van der Waals surface area contributed by atoms with Crippen molar-refractivity contribution in [1.82, 2.24) is 10.2 Å². The molecule has 0 fully saturated rings. The molecule has 15 heavy (non-hydrogen) atoms. The van der Waals surface area contributed by atoms with E-state index in [1.165, 1.54) is 19.4 Å². The third-order valence-corrected chi connectivity index (χ3v) is 3.19. The molecule has 0 rings (SSSR count). The lowest BCUT2D eigenvalue weighted by molar-refractivity contribution is 0.233. The van der Waals surface area contributed by atoms with Gasteiger partial charge in [0.2, 0.25) is 0 Å². The summed E-state index contributed by atoms with van der Waals surface area (Å²) >= 11 is 0. The SMILES string of the molecule is CCC(C)NCC(C)N(C)CCC(C)C. The van der Waals surface area contributed by atoms with Gasteiger partial charge in [-0.25, -0.2) is 0 Å². The first-order valence-corrected chi connectivity index (χ1v) is 6.41. The number of nitrogens with one attached hydrogen (secondary N) is 1. The van der Waals surface area contributed by atoms with Gasteiger partial charge < -0.3 is 10.2 Å². The number of nitrogens with zero attached hydrogens (tertiary/aromatic N) is 1. The zero-order chi connectivity index (χ0) is 11.8. The lowest BCUT2D eigenvalue weighted by Crippen LogP contribution is -2.41. The van der Waals surface area contributed by atoms with Crippen molar-refractivity contribution in [3.63, 3.8) is 0 Å². The third kappa shape index (κ3) is 7.80. The van der Waals surface area contributed by atoms with Crippen LogP contribution in [0, 0.1) is 5.92 Å². The summed E-state index contributed by atoms with van der Waals surface area (Å²) in [7, 11) is 2.23. The van der Waals surface area contributed by atoms with Crippen molar-refractivity contribution >= 4 is 0 Å². The van der Waals surface area contributed by atoms with Crippen LogP contribution in [0.1, 0.15) is 47.5 Å². The summed E-state index contributed by atoms with van der Waals surface area (Å²) in [6, 6.07) is 1.28. The van der Waals surface area contributed by atoms with Crippen LogP contribution in [0.4, 0.5) is 0 Å². The summed E-state index contributed by atoms with van der Waals surface area (Å²) in [6.45, 7) is 13.7. The minimum atomic E-state index is 0.637. The van der Waals surface area contributed by atoms with Crippen LogP contribution in [-0.4, -0.2) is 37.1 Å². The van der Waals surface area contributed by atoms with Crippen LogP contribution >= 0.6 is 0 Å². The quantitative estimate of drug-likeness (QED) is 0.668. The molecule has 0 aliphatic heterocycles. The third-order valence-electron chi connectivity index (χ3n) is 3.19. The lowest BCUT2D eigenvalue weighted by Gasteiger charge is -2.27. The van der Waals surface area contributed by atoms with Crippen molar-refractivity contribution in [3.8, 4) is 0 Å². The first kappa shape index (κ1) is 14.9. The molecule has 0 saturated heterocycles. The molecule has 2 heteroatoms. The molecule has 0 amide bonds. The Morgan fingerprint density at radius 2 is 1.73 bits per heavy atom. The summed E-state index contributed by atoms with van der Waals surface area (Å²) in [4.78, 5) is 2.45. The van der Waals surface area contributed by atoms with Gasteiger partial charge >= 0.3 is 0 Å². The van der Waals surface area contributed by atoms with Gasteiger partial charge in [-0.2, -0.15) is 0 Å². The molecule has 2 nitrogen and oxygen atoms in total. The molecule has 0 spiro atoms. The van der Waals surface area contributed by atoms with Gasteiger partial charge in [-0.15, -0.1) is 0 Å². The highest BCUT2D eigenvalue weighted by molar-refractivity contribution is 4.69. The number of rotatable bonds is 8. The minimum Gasteiger partial charge on any atom is -0.313 e. The van der Waals surface area contributed by atoms with Crippen LogP contribution in [0.25, 0.3) is 0 Å². The molecule has 2 unspecified atom stereocenters. The summed E-state index contributed by atoms with van der Waals surface area (Å²) in [5, 5.41) is 3.56. The average molecular weight is 214 g/mol. The van der Waals surface area contributed by atoms with E-state index in [0.717, 1.165) is 12.5 Å². The predicted octanol–water partition coefficient (Wildman–Crippen LogP) is 2.74. The highest BCUT2D eigenvalue weighted by Gasteiger charge is 2.10. The Bertz CT molecular complexity index is 145. The summed E-state index contributed by atoms with van der Waals surface area (Å²) in [6.07, 6.45) is 2.51. The van der Waals surface area contributed by atoms with Gasteiger partial charge in [0.15, 0.2) is 0 Å². The maximum atomic E-state index is 3.56. The molecule has 1 N–H and O–H groups in total. The van der Waals surface area contributed by atoms with E-state index in [9.17, 15) is 0 Å². The maximum absolute atomic E-state index is 3.56. The van der Waals surface area contributed by atoms with Gasteiger partial charge in [0, 0.05) is 18.6 Å². The molecule has 0 aromatic carbocycles. The molecule has 0 aliphatic carbocycles. The van der Waals surface area contributed by atoms with E-state index in [1.54, 1.807) is 0 Å². The highest BCUT2D eigenvalue weighted by Crippen LogP contribution is 2.03. The summed E-state index contributed by atoms with van der Waals surface area (Å²) in [5.74, 6) is 0.808. The van der Waals surface area contributed by atoms with Crippen molar-refractivity contribution in [1.29, 1.82) is 0 Å². The standard InChI is InChI=1S/C13H30N2/c1-7-12(4)14-10-13(5)15(6)9-8-11(2)3/h11-14H,7-10H2,1-6H3. The molecule has 0 heterocycles. The molecule has 0 bridgehead atoms. The summed E-state index contributed by atoms with van der Waals surface area (Å²) in [5.41, 5.74) is 0. The van der Waals surface area contributed by atoms with Crippen LogP contribution in [0.15, 0.2) is 0 Å². The Morgan fingerprint density at radius 3 is 2.20 bits per heavy atom. The Balaban J connectivity index is 3.64. The van der Waals surface area contributed by atoms with Crippen LogP contribution < -0.4 is 5.32 Å². The Morgan fingerprint density at radius 1 is 1.13 bits per heavy atom. The van der Waals surface area contributed by atoms with Crippen molar-refractivity contribution < 1.29 is 0 Å². The second-order valence-electron chi connectivity index (χ2n) is 5.23. The number of likely N-dealkylation sites (N-methyl/N-ethyl adjacent to an activating group) is 1. The fourth-order valence-corrected chi connectivity index (χ4v) is 1.35. The zero-order valence-electron chi connectivity index (χ0n) is 11.5. The topological polar surface area (TPSA) is 15.3 Å². The monoisotopic (exact) mass is 214 g/mol. The van der Waals surface area contributed by atoms with Crippen LogP contribution in [0.2, 0.25) is 0 Å². The highest BCUT2D eigenvalue weighted by atomic mass is 15.1. The van der Waals surface area contributed by atoms with Gasteiger partial charge in [0.25, 0.3) is 0 Å². The van der Waals surface area contributed by atoms with E-state index in [1.807, 2.05) is 0 Å². The van der Waals surface area contributed by atoms with E-state index in [-0.39, 0.29) is 0 Å². The van der Waals surface area contributed by atoms with E-state index in [4.69, 9.17) is 0 Å². The van der Waals surface area contributed by atoms with Crippen LogP contribution in [0.3, 0.4) is 0 Å². The van der Waals surface area contributed by atoms with Crippen molar-refractivity contribution in [2.24, 2.45) is 5.92 Å². The normalized spacial score (nSPS) is 16.0. The van der Waals surface area contributed by atoms with E-state index < -0.39 is 0 Å². The Kier molecular flexibility index (Phi) is 8.07. The smallest absolute Gasteiger partial charge is 0.0189 e. The molecule has 0 aromatic rings. The molecule has 92 valence electrons. The van der Waals surface area contributed by atoms with Gasteiger partial charge in [-0.05, 0) is 46.2 Å². The second-order valence-corrected chi connectivity index (χ2v) is 5.23. The van der Waals surface area contributed by atoms with Gasteiger partial charge in [0.1, 0.15) is 0 Å². The fourth-order valence-electron chi connectivity index (χ4n) is 1.35. The fraction of sp³-hybridized carbons (Fsp3) is 1.00. The van der Waals surface area contributed by atoms with Crippen molar-refractivity contribution in [2.75, 3.05) is 20.1 Å². The van der Waals surface area contributed by atoms with E-state index >= 15 is 0 Å². The first-order valence-electron chi connectivity index (χ1n) is 6.41. The van der Waals surface area contributed by atoms with Crippen molar-refractivity contribution in [2.45, 2.75) is 59.5 Å². The molecular formula is C13H30N2. The van der Waals surface area contributed by atoms with Gasteiger partial charge in [-0.1, -0.05) is 20.8 Å². The maximum Gasteiger partial charge on any atom is 0.0189 e. The lowest BCUT2D eigenvalue weighted by atomic mass is 10.1. The average Bonchev–Trinajstić information content (AvgIpc) is 2.21. The van der Waals surface area contributed by atoms with Gasteiger partial charge in [-0.3, -0.25) is 0 Å². The number of hydrogen-bond acceptors (Lipinski definition) is 2. The largest absolute Gasteiger partial charge is 0.313 e. The molecular weight excluding hydrogens is 184 g/mol. The Labute approximate surface area is 96.4 Å². The molecule has 0 radical (unpaired) electrons. The minimum absolute atomic E-state index is 0.637. The van der Waals surface area contributed by atoms with Crippen LogP contribution in [-0.2, 0) is 0 Å². The predicted molar refractivity (Wildman–Crippen MR) is 69.3 cm³/mol. The Hall–Kier alpha value is -0.0800. The van der Waals surface area contributed by atoms with Crippen molar-refractivity contribution in [3.05, 3.63) is 0 Å². The first-order chi connectivity index (χ1) is 6.97. The van der Waals surface area contributed by atoms with Gasteiger partial charge in [0.05, 0.1) is 0 Å². The number of hydrogen-bond donors (Lipinski definition) is 1.